The van der Waals surface area contributed by atoms with Gasteiger partial charge in [-0.05, 0) is 47.1 Å². The van der Waals surface area contributed by atoms with Gasteiger partial charge in [-0.25, -0.2) is 9.78 Å². The van der Waals surface area contributed by atoms with Crippen LogP contribution in [0.25, 0.3) is 0 Å². The van der Waals surface area contributed by atoms with Crippen molar-refractivity contribution < 1.29 is 19.1 Å². The average Bonchev–Trinajstić information content (AvgIpc) is 3.10. The molecule has 178 valence electrons. The molecule has 2 heterocycles. The fourth-order valence-electron chi connectivity index (χ4n) is 4.20. The minimum absolute atomic E-state index is 0.0349. The van der Waals surface area contributed by atoms with Gasteiger partial charge in [0, 0.05) is 44.4 Å². The van der Waals surface area contributed by atoms with Crippen molar-refractivity contribution in [2.24, 2.45) is 5.92 Å². The molecule has 1 fully saturated rings. The molecule has 0 radical (unpaired) electrons. The minimum Gasteiger partial charge on any atom is -0.444 e. The van der Waals surface area contributed by atoms with Gasteiger partial charge in [-0.1, -0.05) is 0 Å². The zero-order chi connectivity index (χ0) is 23.6. The summed E-state index contributed by atoms with van der Waals surface area (Å²) in [6.45, 7) is 7.14. The van der Waals surface area contributed by atoms with E-state index in [1.54, 1.807) is 39.8 Å². The van der Waals surface area contributed by atoms with E-state index in [9.17, 15) is 14.4 Å². The predicted octanol–water partition coefficient (Wildman–Crippen LogP) is 2.01. The quantitative estimate of drug-likeness (QED) is 0.705. The van der Waals surface area contributed by atoms with Crippen LogP contribution in [-0.2, 0) is 22.5 Å². The summed E-state index contributed by atoms with van der Waals surface area (Å²) in [4.78, 5) is 47.5. The van der Waals surface area contributed by atoms with Crippen LogP contribution in [-0.4, -0.2) is 78.1 Å². The second kappa shape index (κ2) is 9.74. The molecule has 3 unspecified atom stereocenters. The van der Waals surface area contributed by atoms with E-state index in [0.29, 0.717) is 24.3 Å². The monoisotopic (exact) mass is 465 g/mol. The number of carbonyl (C=O) groups is 3. The van der Waals surface area contributed by atoms with Gasteiger partial charge in [-0.2, -0.15) is 0 Å². The standard InChI is InChI=1S/C22H35N5O4S/c1-22(2,3)31-21(30)25-14-8-7-13(20(29)26(4)5)11-16(14)23-18(28)19-24-15-9-10-27(6)12-17(15)32-19/h13-14,16H,7-12H2,1-6H3,(H,23,28)(H,25,30). The molecule has 0 spiro atoms. The summed E-state index contributed by atoms with van der Waals surface area (Å²) in [5, 5.41) is 6.39. The van der Waals surface area contributed by atoms with Crippen molar-refractivity contribution >= 4 is 29.2 Å². The largest absolute Gasteiger partial charge is 0.444 e. The number of nitrogens with zero attached hydrogens (tertiary/aromatic N) is 3. The third-order valence-electron chi connectivity index (χ3n) is 5.78. The number of likely N-dealkylation sites (N-methyl/N-ethyl adjacent to an activating group) is 1. The molecule has 32 heavy (non-hydrogen) atoms. The van der Waals surface area contributed by atoms with Gasteiger partial charge in [-0.3, -0.25) is 9.59 Å². The summed E-state index contributed by atoms with van der Waals surface area (Å²) >= 11 is 1.42. The Labute approximate surface area is 193 Å². The van der Waals surface area contributed by atoms with Crippen LogP contribution in [0.1, 0.15) is 60.4 Å². The molecule has 1 aromatic heterocycles. The van der Waals surface area contributed by atoms with E-state index in [-0.39, 0.29) is 29.8 Å². The Morgan fingerprint density at radius 2 is 1.88 bits per heavy atom. The molecule has 3 rings (SSSR count). The summed E-state index contributed by atoms with van der Waals surface area (Å²) in [5.74, 6) is -0.427. The van der Waals surface area contributed by atoms with Crippen LogP contribution in [0.4, 0.5) is 4.79 Å². The first-order chi connectivity index (χ1) is 14.9. The zero-order valence-electron chi connectivity index (χ0n) is 19.9. The van der Waals surface area contributed by atoms with E-state index in [0.717, 1.165) is 30.1 Å². The summed E-state index contributed by atoms with van der Waals surface area (Å²) < 4.78 is 5.40. The summed E-state index contributed by atoms with van der Waals surface area (Å²) in [5.41, 5.74) is 0.375. The maximum absolute atomic E-state index is 13.1. The van der Waals surface area contributed by atoms with Gasteiger partial charge in [-0.15, -0.1) is 11.3 Å². The summed E-state index contributed by atoms with van der Waals surface area (Å²) in [6, 6.07) is -0.706. The van der Waals surface area contributed by atoms with E-state index in [2.05, 4.69) is 27.6 Å². The maximum atomic E-state index is 13.1. The third-order valence-corrected chi connectivity index (χ3v) is 6.86. The highest BCUT2D eigenvalue weighted by atomic mass is 32.1. The topological polar surface area (TPSA) is 104 Å². The third kappa shape index (κ3) is 6.19. The number of thiazole rings is 1. The number of aromatic nitrogens is 1. The highest BCUT2D eigenvalue weighted by Gasteiger charge is 2.37. The highest BCUT2D eigenvalue weighted by Crippen LogP contribution is 2.28. The second-order valence-electron chi connectivity index (χ2n) is 9.95. The fourth-order valence-corrected chi connectivity index (χ4v) is 5.29. The Morgan fingerprint density at radius 1 is 1.16 bits per heavy atom. The Balaban J connectivity index is 1.73. The van der Waals surface area contributed by atoms with Crippen LogP contribution in [0.2, 0.25) is 0 Å². The van der Waals surface area contributed by atoms with E-state index >= 15 is 0 Å². The van der Waals surface area contributed by atoms with Crippen molar-refractivity contribution in [2.75, 3.05) is 27.7 Å². The number of hydrogen-bond donors (Lipinski definition) is 2. The average molecular weight is 466 g/mol. The zero-order valence-corrected chi connectivity index (χ0v) is 20.7. The Bertz CT molecular complexity index is 863. The molecule has 0 bridgehead atoms. The maximum Gasteiger partial charge on any atom is 0.407 e. The van der Waals surface area contributed by atoms with Crippen LogP contribution in [0, 0.1) is 5.92 Å². The first kappa shape index (κ1) is 24.4. The molecule has 10 heteroatoms. The van der Waals surface area contributed by atoms with Gasteiger partial charge >= 0.3 is 6.09 Å². The minimum atomic E-state index is -0.617. The van der Waals surface area contributed by atoms with Crippen LogP contribution in [0.3, 0.4) is 0 Å². The molecule has 3 amide bonds. The molecule has 1 aromatic rings. The van der Waals surface area contributed by atoms with Crippen molar-refractivity contribution in [3.05, 3.63) is 15.6 Å². The lowest BCUT2D eigenvalue weighted by atomic mass is 9.81. The highest BCUT2D eigenvalue weighted by molar-refractivity contribution is 7.13. The lowest BCUT2D eigenvalue weighted by molar-refractivity contribution is -0.134. The number of amides is 3. The van der Waals surface area contributed by atoms with Crippen molar-refractivity contribution in [1.29, 1.82) is 0 Å². The molecule has 3 atom stereocenters. The van der Waals surface area contributed by atoms with Crippen molar-refractivity contribution in [3.63, 3.8) is 0 Å². The van der Waals surface area contributed by atoms with Gasteiger partial charge in [0.25, 0.3) is 5.91 Å². The van der Waals surface area contributed by atoms with Gasteiger partial charge in [0.05, 0.1) is 17.8 Å². The number of fused-ring (bicyclic) bond motifs is 1. The van der Waals surface area contributed by atoms with E-state index in [4.69, 9.17) is 4.74 Å². The number of alkyl carbamates (subject to hydrolysis) is 1. The van der Waals surface area contributed by atoms with Gasteiger partial charge in [0.2, 0.25) is 5.91 Å². The van der Waals surface area contributed by atoms with E-state index in [1.165, 1.54) is 11.3 Å². The molecule has 0 saturated heterocycles. The van der Waals surface area contributed by atoms with E-state index < -0.39 is 11.7 Å². The fraction of sp³-hybridized carbons (Fsp3) is 0.727. The number of rotatable bonds is 4. The number of nitrogens with one attached hydrogen (secondary N) is 2. The summed E-state index contributed by atoms with van der Waals surface area (Å²) in [7, 11) is 5.52. The number of hydrogen-bond acceptors (Lipinski definition) is 7. The van der Waals surface area contributed by atoms with Crippen LogP contribution in [0.5, 0.6) is 0 Å². The molecule has 1 saturated carbocycles. The van der Waals surface area contributed by atoms with Crippen molar-refractivity contribution in [3.8, 4) is 0 Å². The second-order valence-corrected chi connectivity index (χ2v) is 11.0. The van der Waals surface area contributed by atoms with Gasteiger partial charge in [0.15, 0.2) is 5.01 Å². The van der Waals surface area contributed by atoms with Crippen molar-refractivity contribution in [1.82, 2.24) is 25.4 Å². The van der Waals surface area contributed by atoms with Gasteiger partial charge in [0.1, 0.15) is 5.60 Å². The molecule has 1 aliphatic heterocycles. The number of ether oxygens (including phenoxy) is 1. The Kier molecular flexibility index (Phi) is 7.44. The Morgan fingerprint density at radius 3 is 2.53 bits per heavy atom. The molecule has 9 nitrogen and oxygen atoms in total. The lowest BCUT2D eigenvalue weighted by Crippen LogP contribution is -2.56. The van der Waals surface area contributed by atoms with Crippen LogP contribution >= 0.6 is 11.3 Å². The first-order valence-electron chi connectivity index (χ1n) is 11.1. The lowest BCUT2D eigenvalue weighted by Gasteiger charge is -2.37. The first-order valence-corrected chi connectivity index (χ1v) is 11.9. The van der Waals surface area contributed by atoms with Gasteiger partial charge < -0.3 is 25.2 Å². The molecule has 2 aliphatic rings. The molecular formula is C22H35N5O4S. The SMILES string of the molecule is CN1CCc2nc(C(=O)NC3CC(C(=O)N(C)C)CCC3NC(=O)OC(C)(C)C)sc2C1. The number of carbonyl (C=O) groups excluding carboxylic acids is 3. The molecule has 2 N–H and O–H groups in total. The molecule has 1 aliphatic carbocycles. The Hall–Kier alpha value is -2.20. The normalized spacial score (nSPS) is 23.8. The smallest absolute Gasteiger partial charge is 0.407 e. The van der Waals surface area contributed by atoms with Crippen LogP contribution in [0.15, 0.2) is 0 Å². The molecular weight excluding hydrogens is 430 g/mol. The predicted molar refractivity (Wildman–Crippen MR) is 123 cm³/mol. The van der Waals surface area contributed by atoms with Crippen molar-refractivity contribution in [2.45, 2.75) is 70.7 Å². The van der Waals surface area contributed by atoms with Crippen LogP contribution < -0.4 is 10.6 Å². The molecule has 0 aromatic carbocycles. The summed E-state index contributed by atoms with van der Waals surface area (Å²) in [6.07, 6.45) is 1.99. The van der Waals surface area contributed by atoms with E-state index in [1.807, 2.05) is 0 Å².